The van der Waals surface area contributed by atoms with E-state index in [9.17, 15) is 4.79 Å². The van der Waals surface area contributed by atoms with Gasteiger partial charge >= 0.3 is 0 Å². The molecule has 0 saturated carbocycles. The number of carbonyl (C=O) groups excluding carboxylic acids is 1. The quantitative estimate of drug-likeness (QED) is 0.531. The van der Waals surface area contributed by atoms with Crippen molar-refractivity contribution in [3.8, 4) is 0 Å². The van der Waals surface area contributed by atoms with Gasteiger partial charge < -0.3 is 16.0 Å². The highest BCUT2D eigenvalue weighted by Crippen LogP contribution is 2.06. The molecular formula is C16H26N4O. The molecule has 0 unspecified atom stereocenters. The molecule has 1 amide bonds. The second-order valence-electron chi connectivity index (χ2n) is 4.68. The van der Waals surface area contributed by atoms with Crippen LogP contribution >= 0.6 is 0 Å². The first-order chi connectivity index (χ1) is 10.2. The van der Waals surface area contributed by atoms with Gasteiger partial charge in [-0.05, 0) is 38.0 Å². The van der Waals surface area contributed by atoms with E-state index in [1.54, 1.807) is 0 Å². The Morgan fingerprint density at radius 3 is 2.43 bits per heavy atom. The van der Waals surface area contributed by atoms with Crippen molar-refractivity contribution >= 4 is 11.9 Å². The van der Waals surface area contributed by atoms with E-state index >= 15 is 0 Å². The third kappa shape index (κ3) is 6.29. The molecule has 0 atom stereocenters. The second kappa shape index (κ2) is 9.80. The van der Waals surface area contributed by atoms with Gasteiger partial charge in [0.1, 0.15) is 0 Å². The van der Waals surface area contributed by atoms with Crippen molar-refractivity contribution < 1.29 is 4.79 Å². The molecule has 0 bridgehead atoms. The van der Waals surface area contributed by atoms with Crippen LogP contribution in [0.5, 0.6) is 0 Å². The van der Waals surface area contributed by atoms with Crippen molar-refractivity contribution in [3.63, 3.8) is 0 Å². The molecule has 0 fully saturated rings. The number of rotatable bonds is 7. The van der Waals surface area contributed by atoms with Crippen LogP contribution in [0.2, 0.25) is 0 Å². The van der Waals surface area contributed by atoms with Gasteiger partial charge in [-0.2, -0.15) is 0 Å². The Balaban J connectivity index is 2.71. The van der Waals surface area contributed by atoms with Crippen molar-refractivity contribution in [3.05, 3.63) is 35.4 Å². The van der Waals surface area contributed by atoms with E-state index in [0.717, 1.165) is 31.0 Å². The fourth-order valence-electron chi connectivity index (χ4n) is 1.83. The Labute approximate surface area is 127 Å². The van der Waals surface area contributed by atoms with Crippen molar-refractivity contribution in [2.75, 3.05) is 19.6 Å². The molecule has 0 aliphatic rings. The molecule has 116 valence electrons. The first-order valence-electron chi connectivity index (χ1n) is 7.60. The number of guanidine groups is 1. The monoisotopic (exact) mass is 290 g/mol. The zero-order valence-corrected chi connectivity index (χ0v) is 13.2. The van der Waals surface area contributed by atoms with Crippen LogP contribution in [-0.2, 0) is 6.54 Å². The number of nitrogens with zero attached hydrogens (tertiary/aromatic N) is 1. The summed E-state index contributed by atoms with van der Waals surface area (Å²) in [6, 6.07) is 7.60. The summed E-state index contributed by atoms with van der Waals surface area (Å²) >= 11 is 0. The number of carbonyl (C=O) groups is 1. The van der Waals surface area contributed by atoms with Gasteiger partial charge in [-0.3, -0.25) is 4.79 Å². The average Bonchev–Trinajstić information content (AvgIpc) is 2.51. The van der Waals surface area contributed by atoms with Crippen molar-refractivity contribution in [1.29, 1.82) is 0 Å². The average molecular weight is 290 g/mol. The lowest BCUT2D eigenvalue weighted by Gasteiger charge is -2.09. The van der Waals surface area contributed by atoms with E-state index in [1.807, 2.05) is 45.0 Å². The summed E-state index contributed by atoms with van der Waals surface area (Å²) < 4.78 is 0. The minimum atomic E-state index is -0.0266. The van der Waals surface area contributed by atoms with Gasteiger partial charge in [0.15, 0.2) is 5.96 Å². The lowest BCUT2D eigenvalue weighted by molar-refractivity contribution is 0.0953. The van der Waals surface area contributed by atoms with Crippen LogP contribution in [0.1, 0.15) is 43.1 Å². The van der Waals surface area contributed by atoms with Crippen LogP contribution < -0.4 is 16.0 Å². The summed E-state index contributed by atoms with van der Waals surface area (Å²) in [6.07, 6.45) is 0.935. The van der Waals surface area contributed by atoms with E-state index < -0.39 is 0 Å². The SMILES string of the molecule is CCCNC(=O)c1cccc(CN=C(NCC)NCC)c1. The molecule has 0 saturated heterocycles. The molecule has 1 aromatic rings. The molecule has 5 heteroatoms. The molecule has 1 aromatic carbocycles. The van der Waals surface area contributed by atoms with Gasteiger partial charge in [-0.15, -0.1) is 0 Å². The maximum absolute atomic E-state index is 11.9. The maximum atomic E-state index is 11.9. The highest BCUT2D eigenvalue weighted by Gasteiger charge is 2.05. The van der Waals surface area contributed by atoms with E-state index in [-0.39, 0.29) is 5.91 Å². The Kier molecular flexibility index (Phi) is 7.94. The maximum Gasteiger partial charge on any atom is 0.251 e. The Morgan fingerprint density at radius 2 is 1.81 bits per heavy atom. The first kappa shape index (κ1) is 17.0. The number of hydrogen-bond donors (Lipinski definition) is 3. The molecule has 0 aliphatic heterocycles. The predicted molar refractivity (Wildman–Crippen MR) is 87.6 cm³/mol. The Hall–Kier alpha value is -2.04. The molecule has 0 radical (unpaired) electrons. The smallest absolute Gasteiger partial charge is 0.251 e. The summed E-state index contributed by atoms with van der Waals surface area (Å²) in [6.45, 7) is 9.00. The lowest BCUT2D eigenvalue weighted by Crippen LogP contribution is -2.36. The summed E-state index contributed by atoms with van der Waals surface area (Å²) in [5.41, 5.74) is 1.71. The van der Waals surface area contributed by atoms with Crippen LogP contribution in [0.15, 0.2) is 29.3 Å². The van der Waals surface area contributed by atoms with E-state index in [0.29, 0.717) is 18.7 Å². The predicted octanol–water partition coefficient (Wildman–Crippen LogP) is 1.90. The first-order valence-corrected chi connectivity index (χ1v) is 7.60. The van der Waals surface area contributed by atoms with Crippen LogP contribution in [0.3, 0.4) is 0 Å². The molecule has 0 aromatic heterocycles. The molecule has 0 aliphatic carbocycles. The fraction of sp³-hybridized carbons (Fsp3) is 0.500. The van der Waals surface area contributed by atoms with Gasteiger partial charge in [0.05, 0.1) is 6.54 Å². The minimum Gasteiger partial charge on any atom is -0.357 e. The second-order valence-corrected chi connectivity index (χ2v) is 4.68. The number of benzene rings is 1. The minimum absolute atomic E-state index is 0.0266. The van der Waals surface area contributed by atoms with Crippen LogP contribution in [0.25, 0.3) is 0 Å². The van der Waals surface area contributed by atoms with Gasteiger partial charge in [-0.25, -0.2) is 4.99 Å². The van der Waals surface area contributed by atoms with Crippen molar-refractivity contribution in [2.24, 2.45) is 4.99 Å². The summed E-state index contributed by atoms with van der Waals surface area (Å²) in [5.74, 6) is 0.766. The normalized spacial score (nSPS) is 9.86. The highest BCUT2D eigenvalue weighted by atomic mass is 16.1. The standard InChI is InChI=1S/C16H26N4O/c1-4-10-19-15(21)14-9-7-8-13(11-14)12-20-16(17-5-2)18-6-3/h7-9,11H,4-6,10,12H2,1-3H3,(H,19,21)(H2,17,18,20). The number of hydrogen-bond acceptors (Lipinski definition) is 2. The third-order valence-corrected chi connectivity index (χ3v) is 2.83. The Bertz CT molecular complexity index is 463. The van der Waals surface area contributed by atoms with Crippen molar-refractivity contribution in [2.45, 2.75) is 33.7 Å². The summed E-state index contributed by atoms with van der Waals surface area (Å²) in [5, 5.41) is 9.24. The van der Waals surface area contributed by atoms with Crippen LogP contribution in [0.4, 0.5) is 0 Å². The van der Waals surface area contributed by atoms with Gasteiger partial charge in [0.2, 0.25) is 0 Å². The summed E-state index contributed by atoms with van der Waals surface area (Å²) in [7, 11) is 0. The lowest BCUT2D eigenvalue weighted by atomic mass is 10.1. The summed E-state index contributed by atoms with van der Waals surface area (Å²) in [4.78, 5) is 16.4. The third-order valence-electron chi connectivity index (χ3n) is 2.83. The van der Waals surface area contributed by atoms with Gasteiger partial charge in [-0.1, -0.05) is 19.1 Å². The molecule has 1 rings (SSSR count). The largest absolute Gasteiger partial charge is 0.357 e. The Morgan fingerprint density at radius 1 is 1.10 bits per heavy atom. The molecule has 0 spiro atoms. The number of nitrogens with one attached hydrogen (secondary N) is 3. The van der Waals surface area contributed by atoms with E-state index in [2.05, 4.69) is 20.9 Å². The fourth-order valence-corrected chi connectivity index (χ4v) is 1.83. The van der Waals surface area contributed by atoms with Crippen molar-refractivity contribution in [1.82, 2.24) is 16.0 Å². The number of aliphatic imine (C=N–C) groups is 1. The molecule has 21 heavy (non-hydrogen) atoms. The topological polar surface area (TPSA) is 65.5 Å². The van der Waals surface area contributed by atoms with E-state index in [1.165, 1.54) is 0 Å². The van der Waals surface area contributed by atoms with Crippen LogP contribution in [-0.4, -0.2) is 31.5 Å². The molecule has 0 heterocycles. The number of amides is 1. The van der Waals surface area contributed by atoms with Gasteiger partial charge in [0, 0.05) is 25.2 Å². The highest BCUT2D eigenvalue weighted by molar-refractivity contribution is 5.94. The van der Waals surface area contributed by atoms with E-state index in [4.69, 9.17) is 0 Å². The zero-order chi connectivity index (χ0) is 15.5. The molecule has 3 N–H and O–H groups in total. The molecule has 5 nitrogen and oxygen atoms in total. The van der Waals surface area contributed by atoms with Crippen LogP contribution in [0, 0.1) is 0 Å². The van der Waals surface area contributed by atoms with Gasteiger partial charge in [0.25, 0.3) is 5.91 Å². The molecular weight excluding hydrogens is 264 g/mol. The zero-order valence-electron chi connectivity index (χ0n) is 13.2.